The number of fused-ring (bicyclic) bond motifs is 4. The van der Waals surface area contributed by atoms with Gasteiger partial charge in [0.05, 0.1) is 13.2 Å². The van der Waals surface area contributed by atoms with Crippen LogP contribution in [-0.4, -0.2) is 49.0 Å². The fourth-order valence-corrected chi connectivity index (χ4v) is 5.64. The average molecular weight is 391 g/mol. The summed E-state index contributed by atoms with van der Waals surface area (Å²) in [6.45, 7) is 4.35. The Hall–Kier alpha value is -2.33. The van der Waals surface area contributed by atoms with Gasteiger partial charge in [-0.2, -0.15) is 0 Å². The summed E-state index contributed by atoms with van der Waals surface area (Å²) in [7, 11) is 1.69. The van der Waals surface area contributed by atoms with Crippen LogP contribution in [0.3, 0.4) is 0 Å². The fourth-order valence-electron chi connectivity index (χ4n) is 5.64. The third-order valence-corrected chi connectivity index (χ3v) is 7.26. The van der Waals surface area contributed by atoms with E-state index in [2.05, 4.69) is 46.2 Å². The van der Waals surface area contributed by atoms with Crippen molar-refractivity contribution in [2.45, 2.75) is 31.7 Å². The third kappa shape index (κ3) is 3.55. The number of methoxy groups -OCH3 is 1. The monoisotopic (exact) mass is 390 g/mol. The lowest BCUT2D eigenvalue weighted by Gasteiger charge is -2.46. The van der Waals surface area contributed by atoms with Crippen LogP contribution < -0.4 is 4.74 Å². The molecule has 0 saturated carbocycles. The number of nitrogens with zero attached hydrogens (tertiary/aromatic N) is 2. The fraction of sp³-hybridized carbons (Fsp3) is 0.480. The number of rotatable bonds is 4. The van der Waals surface area contributed by atoms with Gasteiger partial charge in [0.2, 0.25) is 5.91 Å². The molecule has 4 nitrogen and oxygen atoms in total. The van der Waals surface area contributed by atoms with Crippen molar-refractivity contribution >= 4 is 5.91 Å². The van der Waals surface area contributed by atoms with Gasteiger partial charge in [-0.1, -0.05) is 36.4 Å². The van der Waals surface area contributed by atoms with Gasteiger partial charge in [0.25, 0.3) is 0 Å². The molecule has 0 N–H and O–H groups in total. The molecule has 4 aliphatic heterocycles. The predicted octanol–water partition coefficient (Wildman–Crippen LogP) is 3.90. The molecular formula is C25H30N2O2. The second-order valence-electron chi connectivity index (χ2n) is 8.81. The largest absolute Gasteiger partial charge is 0.497 e. The van der Waals surface area contributed by atoms with Crippen LogP contribution in [0.4, 0.5) is 0 Å². The minimum absolute atomic E-state index is 0.000518. The molecule has 0 radical (unpaired) electrons. The average Bonchev–Trinajstić information content (AvgIpc) is 2.79. The molecule has 3 fully saturated rings. The number of hydrogen-bond donors (Lipinski definition) is 0. The first-order valence-corrected chi connectivity index (χ1v) is 11.0. The Morgan fingerprint density at radius 1 is 1.03 bits per heavy atom. The molecule has 29 heavy (non-hydrogen) atoms. The van der Waals surface area contributed by atoms with Crippen LogP contribution in [-0.2, 0) is 11.2 Å². The maximum absolute atomic E-state index is 13.5. The third-order valence-electron chi connectivity index (χ3n) is 7.26. The molecule has 4 heteroatoms. The first-order chi connectivity index (χ1) is 14.2. The molecule has 152 valence electrons. The molecule has 2 atom stereocenters. The molecule has 4 aliphatic rings. The molecule has 0 aromatic heterocycles. The summed E-state index contributed by atoms with van der Waals surface area (Å²) >= 11 is 0. The van der Waals surface area contributed by atoms with Crippen molar-refractivity contribution in [1.82, 2.24) is 9.80 Å². The molecule has 1 unspecified atom stereocenters. The molecule has 1 amide bonds. The zero-order chi connectivity index (χ0) is 19.8. The standard InChI is InChI=1S/C25H30N2O2/c1-29-22-8-6-20(7-9-22)25-23-5-3-2-4-19(23)12-15-27(25)24(28)16-21-17-26-13-10-18(21)11-14-26/h2-9,18,21,25H,10-17H2,1H3/t21-,25?/m1/s1. The normalized spacial score (nSPS) is 28.1. The summed E-state index contributed by atoms with van der Waals surface area (Å²) in [5.41, 5.74) is 3.80. The van der Waals surface area contributed by atoms with Crippen molar-refractivity contribution < 1.29 is 9.53 Å². The second kappa shape index (κ2) is 7.83. The van der Waals surface area contributed by atoms with Crippen LogP contribution >= 0.6 is 0 Å². The van der Waals surface area contributed by atoms with Gasteiger partial charge in [0, 0.05) is 19.5 Å². The van der Waals surface area contributed by atoms with Gasteiger partial charge in [-0.15, -0.1) is 0 Å². The Morgan fingerprint density at radius 3 is 2.48 bits per heavy atom. The number of benzene rings is 2. The van der Waals surface area contributed by atoms with Crippen molar-refractivity contribution in [2.75, 3.05) is 33.3 Å². The van der Waals surface area contributed by atoms with Gasteiger partial charge < -0.3 is 14.5 Å². The lowest BCUT2D eigenvalue weighted by molar-refractivity contribution is -0.136. The van der Waals surface area contributed by atoms with Crippen molar-refractivity contribution in [2.24, 2.45) is 11.8 Å². The molecule has 2 aromatic rings. The van der Waals surface area contributed by atoms with Crippen LogP contribution in [0.2, 0.25) is 0 Å². The summed E-state index contributed by atoms with van der Waals surface area (Å²) in [6, 6.07) is 16.8. The molecule has 0 spiro atoms. The van der Waals surface area contributed by atoms with E-state index in [1.165, 1.54) is 42.6 Å². The topological polar surface area (TPSA) is 32.8 Å². The van der Waals surface area contributed by atoms with Crippen LogP contribution in [0.1, 0.15) is 42.0 Å². The predicted molar refractivity (Wildman–Crippen MR) is 114 cm³/mol. The van der Waals surface area contributed by atoms with Crippen LogP contribution in [0, 0.1) is 11.8 Å². The van der Waals surface area contributed by atoms with Crippen molar-refractivity contribution in [1.29, 1.82) is 0 Å². The number of hydrogen-bond acceptors (Lipinski definition) is 3. The summed E-state index contributed by atoms with van der Waals surface area (Å²) in [5.74, 6) is 2.43. The van der Waals surface area contributed by atoms with E-state index in [1.807, 2.05) is 12.1 Å². The van der Waals surface area contributed by atoms with E-state index in [1.54, 1.807) is 7.11 Å². The SMILES string of the molecule is COc1ccc(C2c3ccccc3CCN2C(=O)C[C@@H]2CN3CCC2CC3)cc1. The van der Waals surface area contributed by atoms with Gasteiger partial charge in [-0.05, 0) is 73.0 Å². The number of amides is 1. The van der Waals surface area contributed by atoms with Gasteiger partial charge in [-0.25, -0.2) is 0 Å². The molecule has 6 rings (SSSR count). The highest BCUT2D eigenvalue weighted by molar-refractivity contribution is 5.78. The second-order valence-corrected chi connectivity index (χ2v) is 8.81. The Labute approximate surface area is 173 Å². The Balaban J connectivity index is 1.43. The molecule has 2 aromatic carbocycles. The zero-order valence-electron chi connectivity index (χ0n) is 17.2. The van der Waals surface area contributed by atoms with Gasteiger partial charge in [0.15, 0.2) is 0 Å². The summed E-state index contributed by atoms with van der Waals surface area (Å²) in [6.07, 6.45) is 4.16. The van der Waals surface area contributed by atoms with Crippen LogP contribution in [0.5, 0.6) is 5.75 Å². The van der Waals surface area contributed by atoms with E-state index in [0.717, 1.165) is 31.2 Å². The molecule has 3 saturated heterocycles. The van der Waals surface area contributed by atoms with E-state index in [9.17, 15) is 4.79 Å². The molecule has 0 aliphatic carbocycles. The van der Waals surface area contributed by atoms with Gasteiger partial charge >= 0.3 is 0 Å². The first kappa shape index (κ1) is 18.7. The number of piperidine rings is 3. The van der Waals surface area contributed by atoms with E-state index in [4.69, 9.17) is 4.74 Å². The minimum atomic E-state index is -0.000518. The van der Waals surface area contributed by atoms with Crippen LogP contribution in [0.25, 0.3) is 0 Å². The molecular weight excluding hydrogens is 360 g/mol. The Bertz CT molecular complexity index is 871. The van der Waals surface area contributed by atoms with E-state index >= 15 is 0 Å². The van der Waals surface area contributed by atoms with Crippen molar-refractivity contribution in [3.05, 3.63) is 65.2 Å². The van der Waals surface area contributed by atoms with Crippen LogP contribution in [0.15, 0.2) is 48.5 Å². The number of ether oxygens (including phenoxy) is 1. The highest BCUT2D eigenvalue weighted by atomic mass is 16.5. The van der Waals surface area contributed by atoms with Gasteiger partial charge in [0.1, 0.15) is 5.75 Å². The summed E-state index contributed by atoms with van der Waals surface area (Å²) in [4.78, 5) is 18.2. The summed E-state index contributed by atoms with van der Waals surface area (Å²) in [5, 5.41) is 0. The maximum atomic E-state index is 13.5. The smallest absolute Gasteiger partial charge is 0.223 e. The molecule has 4 heterocycles. The lowest BCUT2D eigenvalue weighted by Crippen LogP contribution is -2.49. The highest BCUT2D eigenvalue weighted by Crippen LogP contribution is 2.39. The summed E-state index contributed by atoms with van der Waals surface area (Å²) < 4.78 is 5.34. The zero-order valence-corrected chi connectivity index (χ0v) is 17.2. The quantitative estimate of drug-likeness (QED) is 0.794. The lowest BCUT2D eigenvalue weighted by atomic mass is 9.77. The Morgan fingerprint density at radius 2 is 1.79 bits per heavy atom. The number of carbonyl (C=O) groups excluding carboxylic acids is 1. The van der Waals surface area contributed by atoms with Crippen molar-refractivity contribution in [3.63, 3.8) is 0 Å². The highest BCUT2D eigenvalue weighted by Gasteiger charge is 2.38. The van der Waals surface area contributed by atoms with E-state index in [0.29, 0.717) is 18.2 Å². The van der Waals surface area contributed by atoms with Gasteiger partial charge in [-0.3, -0.25) is 4.79 Å². The minimum Gasteiger partial charge on any atom is -0.497 e. The molecule has 2 bridgehead atoms. The van der Waals surface area contributed by atoms with E-state index in [-0.39, 0.29) is 6.04 Å². The maximum Gasteiger partial charge on any atom is 0.223 e. The first-order valence-electron chi connectivity index (χ1n) is 11.0. The Kier molecular flexibility index (Phi) is 5.04. The van der Waals surface area contributed by atoms with Crippen molar-refractivity contribution in [3.8, 4) is 5.75 Å². The number of carbonyl (C=O) groups is 1. The van der Waals surface area contributed by atoms with E-state index < -0.39 is 0 Å².